The fourth-order valence-electron chi connectivity index (χ4n) is 0.804. The van der Waals surface area contributed by atoms with Crippen molar-refractivity contribution in [1.82, 2.24) is 10.3 Å². The number of aromatic nitrogens is 1. The molecule has 0 fully saturated rings. The van der Waals surface area contributed by atoms with Gasteiger partial charge in [-0.15, -0.1) is 17.8 Å². The van der Waals surface area contributed by atoms with Gasteiger partial charge in [-0.1, -0.05) is 5.92 Å². The van der Waals surface area contributed by atoms with Gasteiger partial charge in [0.1, 0.15) is 0 Å². The molecule has 0 radical (unpaired) electrons. The van der Waals surface area contributed by atoms with E-state index in [0.29, 0.717) is 0 Å². The van der Waals surface area contributed by atoms with Crippen molar-refractivity contribution in [2.45, 2.75) is 6.92 Å². The van der Waals surface area contributed by atoms with Crippen LogP contribution in [0.2, 0.25) is 0 Å². The Morgan fingerprint density at radius 2 is 2.57 bits per heavy atom. The third-order valence-corrected chi connectivity index (χ3v) is 2.28. The van der Waals surface area contributed by atoms with E-state index in [1.807, 2.05) is 6.92 Å². The van der Waals surface area contributed by atoms with E-state index in [-0.39, 0.29) is 19.0 Å². The number of hydrogen-bond donors (Lipinski definition) is 2. The van der Waals surface area contributed by atoms with Crippen LogP contribution in [0.4, 0.5) is 5.13 Å². The first kappa shape index (κ1) is 10.5. The molecule has 4 nitrogen and oxygen atoms in total. The first-order valence-electron chi connectivity index (χ1n) is 4.09. The van der Waals surface area contributed by atoms with E-state index in [0.717, 1.165) is 10.0 Å². The van der Waals surface area contributed by atoms with E-state index in [4.69, 9.17) is 6.42 Å². The zero-order valence-electron chi connectivity index (χ0n) is 7.83. The maximum Gasteiger partial charge on any atom is 0.240 e. The minimum absolute atomic E-state index is 0.129. The molecule has 1 aromatic rings. The Balaban J connectivity index is 2.27. The average molecular weight is 209 g/mol. The molecule has 74 valence electrons. The predicted molar refractivity (Wildman–Crippen MR) is 57.2 cm³/mol. The topological polar surface area (TPSA) is 54.0 Å². The van der Waals surface area contributed by atoms with Crippen molar-refractivity contribution < 1.29 is 4.79 Å². The lowest BCUT2D eigenvalue weighted by Gasteiger charge is -2.01. The third-order valence-electron chi connectivity index (χ3n) is 1.41. The van der Waals surface area contributed by atoms with Gasteiger partial charge < -0.3 is 10.6 Å². The Morgan fingerprint density at radius 3 is 3.14 bits per heavy atom. The highest BCUT2D eigenvalue weighted by molar-refractivity contribution is 7.15. The number of hydrogen-bond acceptors (Lipinski definition) is 4. The van der Waals surface area contributed by atoms with Gasteiger partial charge in [-0.25, -0.2) is 4.98 Å². The molecule has 0 aliphatic carbocycles. The van der Waals surface area contributed by atoms with E-state index in [2.05, 4.69) is 21.5 Å². The highest BCUT2D eigenvalue weighted by Crippen LogP contribution is 2.15. The summed E-state index contributed by atoms with van der Waals surface area (Å²) in [5.41, 5.74) is 0. The third kappa shape index (κ3) is 3.46. The largest absolute Gasteiger partial charge is 0.352 e. The summed E-state index contributed by atoms with van der Waals surface area (Å²) in [5, 5.41) is 6.20. The Morgan fingerprint density at radius 1 is 1.79 bits per heavy atom. The summed E-state index contributed by atoms with van der Waals surface area (Å²) in [6.07, 6.45) is 6.75. The zero-order chi connectivity index (χ0) is 10.4. The van der Waals surface area contributed by atoms with Crippen LogP contribution < -0.4 is 10.6 Å². The minimum Gasteiger partial charge on any atom is -0.352 e. The Hall–Kier alpha value is -1.54. The van der Waals surface area contributed by atoms with Crippen molar-refractivity contribution >= 4 is 22.4 Å². The molecule has 0 bridgehead atoms. The zero-order valence-corrected chi connectivity index (χ0v) is 8.65. The van der Waals surface area contributed by atoms with Crippen LogP contribution in [0.25, 0.3) is 0 Å². The monoisotopic (exact) mass is 209 g/mol. The second-order valence-electron chi connectivity index (χ2n) is 2.61. The molecular weight excluding hydrogens is 198 g/mol. The number of nitrogens with one attached hydrogen (secondary N) is 2. The molecule has 0 saturated carbocycles. The molecule has 0 saturated heterocycles. The summed E-state index contributed by atoms with van der Waals surface area (Å²) in [7, 11) is 0. The maximum atomic E-state index is 11.1. The molecule has 5 heteroatoms. The summed E-state index contributed by atoms with van der Waals surface area (Å²) in [6, 6.07) is 0. The summed E-state index contributed by atoms with van der Waals surface area (Å²) in [4.78, 5) is 16.3. The fraction of sp³-hybridized carbons (Fsp3) is 0.333. The molecule has 0 aromatic carbocycles. The first-order valence-corrected chi connectivity index (χ1v) is 4.90. The molecule has 0 spiro atoms. The summed E-state index contributed by atoms with van der Waals surface area (Å²) >= 11 is 1.51. The second-order valence-corrected chi connectivity index (χ2v) is 3.85. The van der Waals surface area contributed by atoms with Crippen molar-refractivity contribution in [1.29, 1.82) is 0 Å². The highest BCUT2D eigenvalue weighted by Gasteiger charge is 2.01. The smallest absolute Gasteiger partial charge is 0.240 e. The van der Waals surface area contributed by atoms with Crippen LogP contribution in [0.15, 0.2) is 6.20 Å². The second kappa shape index (κ2) is 5.25. The van der Waals surface area contributed by atoms with Gasteiger partial charge in [0.25, 0.3) is 0 Å². The quantitative estimate of drug-likeness (QED) is 0.714. The van der Waals surface area contributed by atoms with Crippen molar-refractivity contribution in [2.75, 3.05) is 18.4 Å². The molecular formula is C9H11N3OS. The molecule has 0 atom stereocenters. The average Bonchev–Trinajstić information content (AvgIpc) is 2.58. The van der Waals surface area contributed by atoms with Crippen molar-refractivity contribution in [3.8, 4) is 12.3 Å². The molecule has 1 heterocycles. The molecule has 1 aromatic heterocycles. The summed E-state index contributed by atoms with van der Waals surface area (Å²) < 4.78 is 0. The molecule has 1 rings (SSSR count). The number of anilines is 1. The minimum atomic E-state index is -0.129. The van der Waals surface area contributed by atoms with Gasteiger partial charge in [0.05, 0.1) is 13.1 Å². The number of aryl methyl sites for hydroxylation is 1. The van der Waals surface area contributed by atoms with Crippen LogP contribution in [0.1, 0.15) is 4.88 Å². The standard InChI is InChI=1S/C9H11N3OS/c1-3-4-10-8(13)6-12-9-11-5-7(2)14-9/h1,5H,4,6H2,2H3,(H,10,13)(H,11,12). The number of nitrogens with zero attached hydrogens (tertiary/aromatic N) is 1. The molecule has 14 heavy (non-hydrogen) atoms. The van der Waals surface area contributed by atoms with Crippen molar-refractivity contribution in [3.63, 3.8) is 0 Å². The lowest BCUT2D eigenvalue weighted by atomic mass is 10.5. The van der Waals surface area contributed by atoms with Crippen molar-refractivity contribution in [2.24, 2.45) is 0 Å². The molecule has 0 unspecified atom stereocenters. The van der Waals surface area contributed by atoms with Gasteiger partial charge >= 0.3 is 0 Å². The van der Waals surface area contributed by atoms with Crippen LogP contribution in [0.5, 0.6) is 0 Å². The Labute approximate surface area is 86.7 Å². The maximum absolute atomic E-state index is 11.1. The lowest BCUT2D eigenvalue weighted by Crippen LogP contribution is -2.29. The van der Waals surface area contributed by atoms with E-state index in [9.17, 15) is 4.79 Å². The SMILES string of the molecule is C#CCNC(=O)CNc1ncc(C)s1. The van der Waals surface area contributed by atoms with Crippen LogP contribution >= 0.6 is 11.3 Å². The number of amides is 1. The van der Waals surface area contributed by atoms with Crippen LogP contribution in [0.3, 0.4) is 0 Å². The van der Waals surface area contributed by atoms with Crippen LogP contribution in [-0.2, 0) is 4.79 Å². The van der Waals surface area contributed by atoms with E-state index >= 15 is 0 Å². The van der Waals surface area contributed by atoms with Crippen molar-refractivity contribution in [3.05, 3.63) is 11.1 Å². The van der Waals surface area contributed by atoms with E-state index in [1.165, 1.54) is 11.3 Å². The predicted octanol–water partition coefficient (Wildman–Crippen LogP) is 0.613. The van der Waals surface area contributed by atoms with Gasteiger partial charge in [0, 0.05) is 11.1 Å². The number of thiazole rings is 1. The number of rotatable bonds is 4. The van der Waals surface area contributed by atoms with Crippen LogP contribution in [-0.4, -0.2) is 24.0 Å². The first-order chi connectivity index (χ1) is 6.72. The molecule has 2 N–H and O–H groups in total. The summed E-state index contributed by atoms with van der Waals surface area (Å²) in [6.45, 7) is 2.42. The molecule has 0 aliphatic rings. The summed E-state index contributed by atoms with van der Waals surface area (Å²) in [5.74, 6) is 2.20. The van der Waals surface area contributed by atoms with Gasteiger partial charge in [0.15, 0.2) is 5.13 Å². The van der Waals surface area contributed by atoms with Gasteiger partial charge in [-0.05, 0) is 6.92 Å². The lowest BCUT2D eigenvalue weighted by molar-refractivity contribution is -0.119. The van der Waals surface area contributed by atoms with Gasteiger partial charge in [-0.2, -0.15) is 0 Å². The van der Waals surface area contributed by atoms with Gasteiger partial charge in [-0.3, -0.25) is 4.79 Å². The Kier molecular flexibility index (Phi) is 3.95. The number of carbonyl (C=O) groups excluding carboxylic acids is 1. The molecule has 1 amide bonds. The molecule has 0 aliphatic heterocycles. The van der Waals surface area contributed by atoms with E-state index < -0.39 is 0 Å². The normalized spacial score (nSPS) is 9.14. The van der Waals surface area contributed by atoms with E-state index in [1.54, 1.807) is 6.20 Å². The highest BCUT2D eigenvalue weighted by atomic mass is 32.1. The van der Waals surface area contributed by atoms with Crippen LogP contribution in [0, 0.1) is 19.3 Å². The Bertz CT molecular complexity index is 353. The fourth-order valence-corrected chi connectivity index (χ4v) is 1.46. The van der Waals surface area contributed by atoms with Gasteiger partial charge in [0.2, 0.25) is 5.91 Å². The number of terminal acetylenes is 1. The number of carbonyl (C=O) groups is 1.